The molecule has 0 aliphatic carbocycles. The number of nitrogens with one attached hydrogen (secondary N) is 1. The highest BCUT2D eigenvalue weighted by Gasteiger charge is 2.29. The highest BCUT2D eigenvalue weighted by atomic mass is 35.5. The topological polar surface area (TPSA) is 67.9 Å². The standard InChI is InChI=1S/C24H27ClN2O4/c25-19-10-8-17(9-11-19)24(29)27-12-2-4-18(15-27)23(28)26-20-5-1-6-21(14-20)31-16-22-7-3-13-30-22/h1,5-6,8-11,14,18,22H,2-4,7,12-13,15-16H2,(H,26,28). The van der Waals surface area contributed by atoms with E-state index in [9.17, 15) is 9.59 Å². The molecular weight excluding hydrogens is 416 g/mol. The van der Waals surface area contributed by atoms with Gasteiger partial charge in [0.1, 0.15) is 12.4 Å². The van der Waals surface area contributed by atoms with Crippen molar-refractivity contribution in [3.05, 3.63) is 59.1 Å². The molecule has 2 amide bonds. The summed E-state index contributed by atoms with van der Waals surface area (Å²) in [6.45, 7) is 2.37. The average molecular weight is 443 g/mol. The molecule has 2 atom stereocenters. The summed E-state index contributed by atoms with van der Waals surface area (Å²) in [5.41, 5.74) is 1.28. The van der Waals surface area contributed by atoms with Gasteiger partial charge in [0, 0.05) is 42.0 Å². The fourth-order valence-corrected chi connectivity index (χ4v) is 4.15. The van der Waals surface area contributed by atoms with Crippen LogP contribution in [0.15, 0.2) is 48.5 Å². The minimum Gasteiger partial charge on any atom is -0.491 e. The molecule has 1 N–H and O–H groups in total. The Kier molecular flexibility index (Phi) is 7.10. The van der Waals surface area contributed by atoms with Gasteiger partial charge in [-0.2, -0.15) is 0 Å². The maximum absolute atomic E-state index is 12.9. The van der Waals surface area contributed by atoms with Gasteiger partial charge in [0.15, 0.2) is 0 Å². The van der Waals surface area contributed by atoms with Crippen LogP contribution in [0, 0.1) is 5.92 Å². The Labute approximate surface area is 187 Å². The fourth-order valence-electron chi connectivity index (χ4n) is 4.02. The maximum Gasteiger partial charge on any atom is 0.253 e. The summed E-state index contributed by atoms with van der Waals surface area (Å²) in [4.78, 5) is 27.4. The smallest absolute Gasteiger partial charge is 0.253 e. The van der Waals surface area contributed by atoms with E-state index in [0.717, 1.165) is 32.3 Å². The molecule has 7 heteroatoms. The van der Waals surface area contributed by atoms with E-state index in [1.807, 2.05) is 24.3 Å². The van der Waals surface area contributed by atoms with Crippen LogP contribution in [0.2, 0.25) is 5.02 Å². The van der Waals surface area contributed by atoms with Gasteiger partial charge in [0.2, 0.25) is 5.91 Å². The Morgan fingerprint density at radius 2 is 1.97 bits per heavy atom. The van der Waals surface area contributed by atoms with Crippen LogP contribution in [0.1, 0.15) is 36.0 Å². The molecule has 6 nitrogen and oxygen atoms in total. The van der Waals surface area contributed by atoms with E-state index in [0.29, 0.717) is 41.7 Å². The molecule has 2 aromatic carbocycles. The van der Waals surface area contributed by atoms with Gasteiger partial charge in [0.05, 0.1) is 12.0 Å². The van der Waals surface area contributed by atoms with E-state index in [2.05, 4.69) is 5.32 Å². The van der Waals surface area contributed by atoms with E-state index in [1.54, 1.807) is 29.2 Å². The van der Waals surface area contributed by atoms with Crippen LogP contribution in [0.5, 0.6) is 5.75 Å². The van der Waals surface area contributed by atoms with Crippen LogP contribution < -0.4 is 10.1 Å². The number of amides is 2. The van der Waals surface area contributed by atoms with Gasteiger partial charge in [-0.15, -0.1) is 0 Å². The summed E-state index contributed by atoms with van der Waals surface area (Å²) in [7, 11) is 0. The fraction of sp³-hybridized carbons (Fsp3) is 0.417. The first-order valence-corrected chi connectivity index (χ1v) is 11.2. The molecule has 2 aliphatic rings. The van der Waals surface area contributed by atoms with E-state index < -0.39 is 0 Å². The Morgan fingerprint density at radius 1 is 1.13 bits per heavy atom. The van der Waals surface area contributed by atoms with Crippen molar-refractivity contribution < 1.29 is 19.1 Å². The largest absolute Gasteiger partial charge is 0.491 e. The molecule has 0 saturated carbocycles. The van der Waals surface area contributed by atoms with Crippen molar-refractivity contribution in [3.8, 4) is 5.75 Å². The number of hydrogen-bond donors (Lipinski definition) is 1. The number of ether oxygens (including phenoxy) is 2. The van der Waals surface area contributed by atoms with Crippen molar-refractivity contribution in [1.29, 1.82) is 0 Å². The molecule has 31 heavy (non-hydrogen) atoms. The number of halogens is 1. The predicted octanol–water partition coefficient (Wildman–Crippen LogP) is 4.39. The Morgan fingerprint density at radius 3 is 2.74 bits per heavy atom. The van der Waals surface area contributed by atoms with Crippen LogP contribution in [0.4, 0.5) is 5.69 Å². The number of hydrogen-bond acceptors (Lipinski definition) is 4. The third kappa shape index (κ3) is 5.77. The summed E-state index contributed by atoms with van der Waals surface area (Å²) < 4.78 is 11.4. The zero-order valence-electron chi connectivity index (χ0n) is 17.4. The van der Waals surface area contributed by atoms with E-state index in [1.165, 1.54) is 0 Å². The summed E-state index contributed by atoms with van der Waals surface area (Å²) >= 11 is 5.91. The lowest BCUT2D eigenvalue weighted by Crippen LogP contribution is -2.43. The minimum absolute atomic E-state index is 0.0707. The van der Waals surface area contributed by atoms with Crippen LogP contribution in [0.3, 0.4) is 0 Å². The molecule has 0 bridgehead atoms. The van der Waals surface area contributed by atoms with E-state index in [4.69, 9.17) is 21.1 Å². The number of anilines is 1. The second-order valence-corrected chi connectivity index (χ2v) is 8.50. The van der Waals surface area contributed by atoms with Gasteiger partial charge in [0.25, 0.3) is 5.91 Å². The number of piperidine rings is 1. The maximum atomic E-state index is 12.9. The Balaban J connectivity index is 1.33. The van der Waals surface area contributed by atoms with Crippen LogP contribution in [-0.2, 0) is 9.53 Å². The van der Waals surface area contributed by atoms with Crippen molar-refractivity contribution in [3.63, 3.8) is 0 Å². The summed E-state index contributed by atoms with van der Waals surface area (Å²) in [5, 5.41) is 3.57. The third-order valence-corrected chi connectivity index (χ3v) is 5.98. The lowest BCUT2D eigenvalue weighted by atomic mass is 9.96. The van der Waals surface area contributed by atoms with Crippen molar-refractivity contribution in [2.24, 2.45) is 5.92 Å². The van der Waals surface area contributed by atoms with Crippen molar-refractivity contribution >= 4 is 29.1 Å². The van der Waals surface area contributed by atoms with Crippen molar-refractivity contribution in [2.45, 2.75) is 31.8 Å². The SMILES string of the molecule is O=C(Nc1cccc(OCC2CCCO2)c1)C1CCCN(C(=O)c2ccc(Cl)cc2)C1. The van der Waals surface area contributed by atoms with E-state index in [-0.39, 0.29) is 23.8 Å². The summed E-state index contributed by atoms with van der Waals surface area (Å²) in [6.07, 6.45) is 3.78. The highest BCUT2D eigenvalue weighted by Crippen LogP contribution is 2.23. The first-order chi connectivity index (χ1) is 15.1. The number of carbonyl (C=O) groups is 2. The molecule has 2 heterocycles. The van der Waals surface area contributed by atoms with E-state index >= 15 is 0 Å². The molecule has 2 aliphatic heterocycles. The number of carbonyl (C=O) groups excluding carboxylic acids is 2. The normalized spacial score (nSPS) is 21.0. The van der Waals surface area contributed by atoms with Gasteiger partial charge >= 0.3 is 0 Å². The first-order valence-electron chi connectivity index (χ1n) is 10.8. The van der Waals surface area contributed by atoms with Gasteiger partial charge in [-0.3, -0.25) is 9.59 Å². The van der Waals surface area contributed by atoms with Crippen molar-refractivity contribution in [1.82, 2.24) is 4.90 Å². The molecule has 0 spiro atoms. The quantitative estimate of drug-likeness (QED) is 0.720. The van der Waals surface area contributed by atoms with Crippen molar-refractivity contribution in [2.75, 3.05) is 31.6 Å². The minimum atomic E-state index is -0.249. The summed E-state index contributed by atoms with van der Waals surface area (Å²) in [6, 6.07) is 14.2. The Hall–Kier alpha value is -2.57. The molecule has 2 saturated heterocycles. The molecule has 2 aromatic rings. The van der Waals surface area contributed by atoms with Crippen LogP contribution in [-0.4, -0.2) is 49.1 Å². The lowest BCUT2D eigenvalue weighted by Gasteiger charge is -2.32. The molecule has 2 unspecified atom stereocenters. The molecule has 0 radical (unpaired) electrons. The van der Waals surface area contributed by atoms with Gasteiger partial charge in [-0.25, -0.2) is 0 Å². The number of likely N-dealkylation sites (tertiary alicyclic amines) is 1. The second-order valence-electron chi connectivity index (χ2n) is 8.06. The molecular formula is C24H27ClN2O4. The van der Waals surface area contributed by atoms with Gasteiger partial charge < -0.3 is 19.7 Å². The summed E-state index contributed by atoms with van der Waals surface area (Å²) in [5.74, 6) is 0.307. The predicted molar refractivity (Wildman–Crippen MR) is 120 cm³/mol. The highest BCUT2D eigenvalue weighted by molar-refractivity contribution is 6.30. The number of nitrogens with zero attached hydrogens (tertiary/aromatic N) is 1. The number of rotatable bonds is 6. The Bertz CT molecular complexity index is 912. The zero-order valence-corrected chi connectivity index (χ0v) is 18.1. The third-order valence-electron chi connectivity index (χ3n) is 5.73. The number of benzene rings is 2. The molecule has 164 valence electrons. The second kappa shape index (κ2) is 10.2. The lowest BCUT2D eigenvalue weighted by molar-refractivity contribution is -0.121. The first kappa shape index (κ1) is 21.7. The monoisotopic (exact) mass is 442 g/mol. The average Bonchev–Trinajstić information content (AvgIpc) is 3.32. The van der Waals surface area contributed by atoms with Gasteiger partial charge in [-0.05, 0) is 62.1 Å². The zero-order chi connectivity index (χ0) is 21.6. The molecule has 2 fully saturated rings. The van der Waals surface area contributed by atoms with Crippen LogP contribution in [0.25, 0.3) is 0 Å². The molecule has 0 aromatic heterocycles. The van der Waals surface area contributed by atoms with Crippen LogP contribution >= 0.6 is 11.6 Å². The van der Waals surface area contributed by atoms with Gasteiger partial charge in [-0.1, -0.05) is 17.7 Å². The molecule has 4 rings (SSSR count).